The third-order valence-corrected chi connectivity index (χ3v) is 7.84. The van der Waals surface area contributed by atoms with Gasteiger partial charge in [0.25, 0.3) is 5.56 Å². The smallest absolute Gasteiger partial charge is 0.261 e. The summed E-state index contributed by atoms with van der Waals surface area (Å²) >= 11 is 3.52. The second-order valence-electron chi connectivity index (χ2n) is 9.59. The van der Waals surface area contributed by atoms with Gasteiger partial charge < -0.3 is 30.0 Å². The van der Waals surface area contributed by atoms with Gasteiger partial charge in [-0.05, 0) is 61.2 Å². The minimum Gasteiger partial charge on any atom is -0.387 e. The number of aryl methyl sites for hydroxylation is 2. The van der Waals surface area contributed by atoms with Crippen LogP contribution in [-0.2, 0) is 4.74 Å². The topological polar surface area (TPSA) is 106 Å². The number of aromatic nitrogens is 3. The van der Waals surface area contributed by atoms with Gasteiger partial charge in [-0.3, -0.25) is 4.79 Å². The van der Waals surface area contributed by atoms with Gasteiger partial charge in [0, 0.05) is 36.0 Å². The number of ether oxygens (including phenoxy) is 1. The van der Waals surface area contributed by atoms with Crippen LogP contribution in [0.2, 0.25) is 0 Å². The molecule has 5 rings (SSSR count). The van der Waals surface area contributed by atoms with Gasteiger partial charge in [0.2, 0.25) is 0 Å². The molecule has 0 bridgehead atoms. The van der Waals surface area contributed by atoms with Crippen LogP contribution in [-0.4, -0.2) is 52.4 Å². The molecule has 0 radical (unpaired) electrons. The van der Waals surface area contributed by atoms with Crippen LogP contribution >= 0.6 is 15.9 Å². The molecule has 1 fully saturated rings. The monoisotopic (exact) mass is 565 g/mol. The number of benzene rings is 2. The van der Waals surface area contributed by atoms with Crippen LogP contribution in [0.4, 0.5) is 11.4 Å². The number of nitrogens with one attached hydrogen (secondary N) is 3. The van der Waals surface area contributed by atoms with Crippen molar-refractivity contribution >= 4 is 38.3 Å². The van der Waals surface area contributed by atoms with Crippen LogP contribution < -0.4 is 15.8 Å². The zero-order valence-electron chi connectivity index (χ0n) is 21.3. The first kappa shape index (κ1) is 25.5. The predicted molar refractivity (Wildman–Crippen MR) is 151 cm³/mol. The molecule has 8 nitrogen and oxygen atoms in total. The van der Waals surface area contributed by atoms with Gasteiger partial charge in [0.15, 0.2) is 0 Å². The van der Waals surface area contributed by atoms with Gasteiger partial charge >= 0.3 is 0 Å². The standard InChI is InChI=1S/C28H32BrN5O3/c1-4-20-15-34(9-10-37-20)19-11-17(3)26-23(13-19)32-27(33-26)25-22(7-8-30-28(25)36)31-14-24(35)18-6-5-16(2)21(29)12-18/h5-8,11-13,20,24,35H,4,9-10,14-15H2,1-3H3,(H,32,33)(H2,30,31,36). The molecular formula is C28H32BrN5O3. The summed E-state index contributed by atoms with van der Waals surface area (Å²) in [4.78, 5) is 26.2. The summed E-state index contributed by atoms with van der Waals surface area (Å²) in [5.41, 5.74) is 6.51. The maximum Gasteiger partial charge on any atom is 0.261 e. The number of hydrogen-bond donors (Lipinski definition) is 4. The zero-order valence-corrected chi connectivity index (χ0v) is 22.9. The molecule has 0 saturated carbocycles. The molecule has 2 atom stereocenters. The molecule has 1 aliphatic heterocycles. The number of H-pyrrole nitrogens is 2. The van der Waals surface area contributed by atoms with Crippen LogP contribution in [0.1, 0.15) is 36.1 Å². The van der Waals surface area contributed by atoms with Gasteiger partial charge in [-0.2, -0.15) is 0 Å². The summed E-state index contributed by atoms with van der Waals surface area (Å²) in [6, 6.07) is 11.8. The van der Waals surface area contributed by atoms with Crippen molar-refractivity contribution in [2.24, 2.45) is 0 Å². The minimum atomic E-state index is -0.745. The summed E-state index contributed by atoms with van der Waals surface area (Å²) in [5, 5.41) is 14.0. The number of hydrogen-bond acceptors (Lipinski definition) is 6. The first-order chi connectivity index (χ1) is 17.8. The Morgan fingerprint density at radius 2 is 2.08 bits per heavy atom. The first-order valence-electron chi connectivity index (χ1n) is 12.6. The highest BCUT2D eigenvalue weighted by Gasteiger charge is 2.22. The second-order valence-corrected chi connectivity index (χ2v) is 10.4. The zero-order chi connectivity index (χ0) is 26.1. The van der Waals surface area contributed by atoms with Crippen LogP contribution in [0.15, 0.2) is 51.9 Å². The molecular weight excluding hydrogens is 534 g/mol. The first-order valence-corrected chi connectivity index (χ1v) is 13.4. The van der Waals surface area contributed by atoms with E-state index in [1.165, 1.54) is 0 Å². The summed E-state index contributed by atoms with van der Waals surface area (Å²) < 4.78 is 6.78. The number of morpholine rings is 1. The van der Waals surface area contributed by atoms with Crippen LogP contribution in [0.3, 0.4) is 0 Å². The summed E-state index contributed by atoms with van der Waals surface area (Å²) in [6.45, 7) is 8.84. The van der Waals surface area contributed by atoms with Crippen molar-refractivity contribution in [3.05, 3.63) is 74.1 Å². The maximum atomic E-state index is 12.9. The van der Waals surface area contributed by atoms with E-state index in [0.717, 1.165) is 57.4 Å². The van der Waals surface area contributed by atoms with Gasteiger partial charge in [0.1, 0.15) is 11.4 Å². The number of pyridine rings is 1. The normalized spacial score (nSPS) is 16.8. The Bertz CT molecular complexity index is 1480. The van der Waals surface area contributed by atoms with Crippen molar-refractivity contribution in [1.29, 1.82) is 0 Å². The van der Waals surface area contributed by atoms with Crippen molar-refractivity contribution in [3.8, 4) is 11.4 Å². The molecule has 1 saturated heterocycles. The molecule has 0 amide bonds. The average Bonchev–Trinajstić information content (AvgIpc) is 3.33. The lowest BCUT2D eigenvalue weighted by Crippen LogP contribution is -2.42. The van der Waals surface area contributed by atoms with E-state index in [9.17, 15) is 9.90 Å². The Hall–Kier alpha value is -3.14. The van der Waals surface area contributed by atoms with E-state index < -0.39 is 6.10 Å². The van der Waals surface area contributed by atoms with Crippen LogP contribution in [0.25, 0.3) is 22.4 Å². The molecule has 2 unspecified atom stereocenters. The fourth-order valence-electron chi connectivity index (χ4n) is 4.78. The fraction of sp³-hybridized carbons (Fsp3) is 0.357. The largest absolute Gasteiger partial charge is 0.387 e. The highest BCUT2D eigenvalue weighted by Crippen LogP contribution is 2.30. The van der Waals surface area contributed by atoms with Gasteiger partial charge in [0.05, 0.1) is 35.5 Å². The lowest BCUT2D eigenvalue weighted by Gasteiger charge is -2.34. The van der Waals surface area contributed by atoms with Gasteiger partial charge in [-0.25, -0.2) is 4.98 Å². The molecule has 37 heavy (non-hydrogen) atoms. The number of rotatable bonds is 7. The SMILES string of the molecule is CCC1CN(c2cc(C)c3nc(-c4c(NCC(O)c5ccc(C)c(Br)c5)cc[nH]c4=O)[nH]c3c2)CCO1. The van der Waals surface area contributed by atoms with E-state index in [1.807, 2.05) is 32.0 Å². The molecule has 4 aromatic rings. The molecule has 1 aliphatic rings. The van der Waals surface area contributed by atoms with Crippen molar-refractivity contribution in [2.75, 3.05) is 36.5 Å². The highest BCUT2D eigenvalue weighted by molar-refractivity contribution is 9.10. The van der Waals surface area contributed by atoms with E-state index >= 15 is 0 Å². The average molecular weight is 566 g/mol. The molecule has 0 aliphatic carbocycles. The number of aliphatic hydroxyl groups excluding tert-OH is 1. The number of aliphatic hydroxyl groups is 1. The van der Waals surface area contributed by atoms with Gasteiger partial charge in [-0.15, -0.1) is 0 Å². The van der Waals surface area contributed by atoms with E-state index in [0.29, 0.717) is 23.7 Å². The quantitative estimate of drug-likeness (QED) is 0.249. The Kier molecular flexibility index (Phi) is 7.37. The summed E-state index contributed by atoms with van der Waals surface area (Å²) in [7, 11) is 0. The second kappa shape index (κ2) is 10.7. The lowest BCUT2D eigenvalue weighted by molar-refractivity contribution is 0.0384. The number of halogens is 1. The van der Waals surface area contributed by atoms with Crippen molar-refractivity contribution < 1.29 is 9.84 Å². The molecule has 3 heterocycles. The maximum absolute atomic E-state index is 12.9. The Morgan fingerprint density at radius 1 is 1.24 bits per heavy atom. The molecule has 4 N–H and O–H groups in total. The Balaban J connectivity index is 1.43. The third kappa shape index (κ3) is 5.30. The van der Waals surface area contributed by atoms with Crippen LogP contribution in [0.5, 0.6) is 0 Å². The van der Waals surface area contributed by atoms with E-state index in [2.05, 4.69) is 55.2 Å². The third-order valence-electron chi connectivity index (χ3n) is 6.99. The summed E-state index contributed by atoms with van der Waals surface area (Å²) in [5.74, 6) is 0.487. The summed E-state index contributed by atoms with van der Waals surface area (Å²) in [6.07, 6.45) is 2.06. The van der Waals surface area contributed by atoms with Gasteiger partial charge in [-0.1, -0.05) is 35.0 Å². The van der Waals surface area contributed by atoms with E-state index in [1.54, 1.807) is 12.3 Å². The molecule has 2 aromatic heterocycles. The molecule has 2 aromatic carbocycles. The fourth-order valence-corrected chi connectivity index (χ4v) is 5.17. The minimum absolute atomic E-state index is 0.231. The van der Waals surface area contributed by atoms with E-state index in [4.69, 9.17) is 9.72 Å². The predicted octanol–water partition coefficient (Wildman–Crippen LogP) is 5.06. The van der Waals surface area contributed by atoms with Crippen LogP contribution in [0, 0.1) is 13.8 Å². The van der Waals surface area contributed by atoms with Crippen molar-refractivity contribution in [1.82, 2.24) is 15.0 Å². The number of aromatic amines is 2. The Labute approximate surface area is 224 Å². The molecule has 9 heteroatoms. The lowest BCUT2D eigenvalue weighted by atomic mass is 10.1. The number of imidazole rings is 1. The van der Waals surface area contributed by atoms with Crippen molar-refractivity contribution in [2.45, 2.75) is 39.4 Å². The molecule has 194 valence electrons. The highest BCUT2D eigenvalue weighted by atomic mass is 79.9. The number of anilines is 2. The number of nitrogens with zero attached hydrogens (tertiary/aromatic N) is 2. The van der Waals surface area contributed by atoms with Crippen molar-refractivity contribution in [3.63, 3.8) is 0 Å². The van der Waals surface area contributed by atoms with E-state index in [-0.39, 0.29) is 18.2 Å². The Morgan fingerprint density at radius 3 is 2.86 bits per heavy atom. The number of fused-ring (bicyclic) bond motifs is 1. The molecule has 0 spiro atoms.